The quantitative estimate of drug-likeness (QED) is 0.818. The van der Waals surface area contributed by atoms with E-state index in [1.807, 2.05) is 32.0 Å². The first kappa shape index (κ1) is 11.2. The molecule has 0 unspecified atom stereocenters. The molecular weight excluding hydrogens is 202 g/mol. The summed E-state index contributed by atoms with van der Waals surface area (Å²) in [4.78, 5) is 0. The van der Waals surface area contributed by atoms with Gasteiger partial charge in [-0.15, -0.1) is 0 Å². The molecule has 1 aromatic rings. The van der Waals surface area contributed by atoms with E-state index in [9.17, 15) is 8.42 Å². The second-order valence-electron chi connectivity index (χ2n) is 3.25. The fraction of sp³-hybridized carbons (Fsp3) is 0.333. The average molecular weight is 215 g/mol. The highest BCUT2D eigenvalue weighted by Gasteiger charge is 2.03. The van der Waals surface area contributed by atoms with Crippen LogP contribution in [-0.2, 0) is 21.1 Å². The van der Waals surface area contributed by atoms with E-state index in [0.29, 0.717) is 0 Å². The molecule has 4 nitrogen and oxygen atoms in total. The van der Waals surface area contributed by atoms with E-state index < -0.39 is 10.3 Å². The van der Waals surface area contributed by atoms with E-state index in [2.05, 4.69) is 4.18 Å². The maximum atomic E-state index is 10.5. The van der Waals surface area contributed by atoms with Gasteiger partial charge in [-0.1, -0.05) is 29.3 Å². The van der Waals surface area contributed by atoms with Crippen LogP contribution in [0.2, 0.25) is 0 Å². The fourth-order valence-corrected chi connectivity index (χ4v) is 1.60. The number of aryl methyl sites for hydroxylation is 2. The molecule has 0 spiro atoms. The Balaban J connectivity index is 2.78. The molecule has 0 aromatic heterocycles. The molecule has 2 N–H and O–H groups in total. The smallest absolute Gasteiger partial charge is 0.253 e. The molecule has 0 aliphatic rings. The first-order chi connectivity index (χ1) is 6.37. The Bertz CT molecular complexity index is 405. The maximum Gasteiger partial charge on any atom is 0.333 e. The lowest BCUT2D eigenvalue weighted by molar-refractivity contribution is 0.308. The number of nitrogens with two attached hydrogens (primary N) is 1. The zero-order valence-electron chi connectivity index (χ0n) is 8.15. The van der Waals surface area contributed by atoms with Crippen molar-refractivity contribution in [3.8, 4) is 0 Å². The van der Waals surface area contributed by atoms with Gasteiger partial charge in [0.25, 0.3) is 0 Å². The predicted octanol–water partition coefficient (Wildman–Crippen LogP) is 1.02. The molecule has 0 radical (unpaired) electrons. The van der Waals surface area contributed by atoms with E-state index >= 15 is 0 Å². The Labute approximate surface area is 83.9 Å². The average Bonchev–Trinajstić information content (AvgIpc) is 1.97. The lowest BCUT2D eigenvalue weighted by Gasteiger charge is -2.04. The third-order valence-electron chi connectivity index (χ3n) is 1.67. The van der Waals surface area contributed by atoms with Crippen molar-refractivity contribution >= 4 is 10.3 Å². The van der Waals surface area contributed by atoms with Crippen LogP contribution in [-0.4, -0.2) is 8.42 Å². The zero-order chi connectivity index (χ0) is 10.8. The Kier molecular flexibility index (Phi) is 3.25. The van der Waals surface area contributed by atoms with Crippen molar-refractivity contribution in [2.75, 3.05) is 0 Å². The van der Waals surface area contributed by atoms with Gasteiger partial charge in [0.1, 0.15) is 0 Å². The van der Waals surface area contributed by atoms with E-state index in [-0.39, 0.29) is 6.61 Å². The molecule has 0 heterocycles. The molecule has 0 saturated heterocycles. The monoisotopic (exact) mass is 215 g/mol. The number of benzene rings is 1. The van der Waals surface area contributed by atoms with Crippen LogP contribution in [0.25, 0.3) is 0 Å². The van der Waals surface area contributed by atoms with Gasteiger partial charge >= 0.3 is 10.3 Å². The van der Waals surface area contributed by atoms with Crippen molar-refractivity contribution in [1.29, 1.82) is 0 Å². The van der Waals surface area contributed by atoms with Crippen LogP contribution in [0.4, 0.5) is 0 Å². The molecule has 0 aliphatic carbocycles. The largest absolute Gasteiger partial charge is 0.333 e. The number of hydrogen-bond acceptors (Lipinski definition) is 3. The first-order valence-electron chi connectivity index (χ1n) is 4.11. The lowest BCUT2D eigenvalue weighted by Crippen LogP contribution is -2.15. The van der Waals surface area contributed by atoms with Crippen LogP contribution >= 0.6 is 0 Å². The Hall–Kier alpha value is -0.910. The molecule has 0 fully saturated rings. The van der Waals surface area contributed by atoms with Gasteiger partial charge < -0.3 is 0 Å². The SMILES string of the molecule is Cc1cc(C)cc(COS(N)(=O)=O)c1. The summed E-state index contributed by atoms with van der Waals surface area (Å²) in [6, 6.07) is 5.72. The van der Waals surface area contributed by atoms with Gasteiger partial charge in [0.05, 0.1) is 6.61 Å². The summed E-state index contributed by atoms with van der Waals surface area (Å²) in [5.41, 5.74) is 2.94. The summed E-state index contributed by atoms with van der Waals surface area (Å²) in [7, 11) is -3.85. The topological polar surface area (TPSA) is 69.4 Å². The highest BCUT2D eigenvalue weighted by Crippen LogP contribution is 2.10. The van der Waals surface area contributed by atoms with Gasteiger partial charge in [-0.05, 0) is 19.4 Å². The molecule has 0 bridgehead atoms. The van der Waals surface area contributed by atoms with Gasteiger partial charge in [0.2, 0.25) is 0 Å². The van der Waals surface area contributed by atoms with Gasteiger partial charge in [0, 0.05) is 0 Å². The molecule has 0 atom stereocenters. The minimum atomic E-state index is -3.85. The van der Waals surface area contributed by atoms with E-state index in [4.69, 9.17) is 5.14 Å². The summed E-state index contributed by atoms with van der Waals surface area (Å²) in [6.07, 6.45) is 0. The molecule has 1 rings (SSSR count). The maximum absolute atomic E-state index is 10.5. The zero-order valence-corrected chi connectivity index (χ0v) is 8.97. The summed E-state index contributed by atoms with van der Waals surface area (Å²) in [6.45, 7) is 3.86. The second kappa shape index (κ2) is 4.08. The van der Waals surface area contributed by atoms with E-state index in [1.54, 1.807) is 0 Å². The van der Waals surface area contributed by atoms with E-state index in [1.165, 1.54) is 0 Å². The summed E-state index contributed by atoms with van der Waals surface area (Å²) in [5.74, 6) is 0. The number of rotatable bonds is 3. The molecule has 0 saturated carbocycles. The van der Waals surface area contributed by atoms with Crippen molar-refractivity contribution in [3.05, 3.63) is 34.9 Å². The minimum absolute atomic E-state index is 0.0125. The Morgan fingerprint density at radius 3 is 2.14 bits per heavy atom. The third-order valence-corrected chi connectivity index (χ3v) is 2.12. The van der Waals surface area contributed by atoms with Crippen molar-refractivity contribution in [2.45, 2.75) is 20.5 Å². The van der Waals surface area contributed by atoms with Gasteiger partial charge in [-0.25, -0.2) is 5.14 Å². The summed E-state index contributed by atoms with van der Waals surface area (Å²) < 4.78 is 25.5. The fourth-order valence-electron chi connectivity index (χ4n) is 1.30. The molecule has 1 aromatic carbocycles. The van der Waals surface area contributed by atoms with Crippen LogP contribution in [0.15, 0.2) is 18.2 Å². The van der Waals surface area contributed by atoms with E-state index in [0.717, 1.165) is 16.7 Å². The van der Waals surface area contributed by atoms with Crippen LogP contribution in [0.3, 0.4) is 0 Å². The second-order valence-corrected chi connectivity index (χ2v) is 4.47. The molecule has 0 amide bonds. The minimum Gasteiger partial charge on any atom is -0.253 e. The molecule has 14 heavy (non-hydrogen) atoms. The molecule has 78 valence electrons. The van der Waals surface area contributed by atoms with Crippen LogP contribution in [0.1, 0.15) is 16.7 Å². The van der Waals surface area contributed by atoms with Crippen LogP contribution in [0.5, 0.6) is 0 Å². The molecular formula is C9H13NO3S. The summed E-state index contributed by atoms with van der Waals surface area (Å²) >= 11 is 0. The van der Waals surface area contributed by atoms with Crippen LogP contribution in [0, 0.1) is 13.8 Å². The van der Waals surface area contributed by atoms with Crippen molar-refractivity contribution in [2.24, 2.45) is 5.14 Å². The molecule has 0 aliphatic heterocycles. The lowest BCUT2D eigenvalue weighted by atomic mass is 10.1. The van der Waals surface area contributed by atoms with Gasteiger partial charge in [0.15, 0.2) is 0 Å². The Morgan fingerprint density at radius 2 is 1.71 bits per heavy atom. The Morgan fingerprint density at radius 1 is 1.21 bits per heavy atom. The highest BCUT2D eigenvalue weighted by molar-refractivity contribution is 7.84. The third kappa shape index (κ3) is 3.87. The van der Waals surface area contributed by atoms with Gasteiger partial charge in [-0.2, -0.15) is 8.42 Å². The summed E-state index contributed by atoms with van der Waals surface area (Å²) in [5, 5.41) is 4.71. The van der Waals surface area contributed by atoms with Crippen molar-refractivity contribution in [3.63, 3.8) is 0 Å². The number of hydrogen-bond donors (Lipinski definition) is 1. The molecule has 5 heteroatoms. The highest BCUT2D eigenvalue weighted by atomic mass is 32.2. The predicted molar refractivity (Wildman–Crippen MR) is 53.8 cm³/mol. The van der Waals surface area contributed by atoms with Crippen LogP contribution < -0.4 is 5.14 Å². The van der Waals surface area contributed by atoms with Crippen molar-refractivity contribution < 1.29 is 12.6 Å². The standard InChI is InChI=1S/C9H13NO3S/c1-7-3-8(2)5-9(4-7)6-13-14(10,11)12/h3-5H,6H2,1-2H3,(H2,10,11,12). The van der Waals surface area contributed by atoms with Gasteiger partial charge in [-0.3, -0.25) is 4.18 Å². The normalized spacial score (nSPS) is 11.6. The van der Waals surface area contributed by atoms with Crippen molar-refractivity contribution in [1.82, 2.24) is 0 Å². The first-order valence-corrected chi connectivity index (χ1v) is 5.58.